The quantitative estimate of drug-likeness (QED) is 0.318. The molecule has 0 radical (unpaired) electrons. The number of amides is 1. The van der Waals surface area contributed by atoms with Crippen molar-refractivity contribution in [2.24, 2.45) is 0 Å². The summed E-state index contributed by atoms with van der Waals surface area (Å²) in [5.74, 6) is 0.137. The van der Waals surface area contributed by atoms with Crippen LogP contribution in [0.4, 0.5) is 0 Å². The van der Waals surface area contributed by atoms with Crippen molar-refractivity contribution in [3.05, 3.63) is 42.4 Å². The van der Waals surface area contributed by atoms with Gasteiger partial charge in [-0.05, 0) is 18.2 Å². The molecular weight excluding hydrogens is 170 g/mol. The van der Waals surface area contributed by atoms with Gasteiger partial charge in [0.05, 0.1) is 6.26 Å². The molecule has 4 nitrogen and oxygen atoms in total. The zero-order chi connectivity index (χ0) is 9.52. The highest BCUT2D eigenvalue weighted by atomic mass is 16.5. The van der Waals surface area contributed by atoms with E-state index in [1.54, 1.807) is 30.5 Å². The van der Waals surface area contributed by atoms with Crippen LogP contribution in [0.1, 0.15) is 5.76 Å². The van der Waals surface area contributed by atoms with Crippen molar-refractivity contribution in [3.8, 4) is 0 Å². The average Bonchev–Trinajstić information content (AvgIpc) is 2.64. The van der Waals surface area contributed by atoms with Crippen LogP contribution >= 0.6 is 0 Å². The second kappa shape index (κ2) is 4.95. The van der Waals surface area contributed by atoms with E-state index in [1.807, 2.05) is 0 Å². The van der Waals surface area contributed by atoms with Crippen LogP contribution in [0.25, 0.3) is 6.08 Å². The molecule has 13 heavy (non-hydrogen) atoms. The molecule has 1 aromatic rings. The number of allylic oxidation sites excluding steroid dienone is 2. The fraction of sp³-hybridized carbons (Fsp3) is 0. The first-order chi connectivity index (χ1) is 6.33. The summed E-state index contributed by atoms with van der Waals surface area (Å²) >= 11 is 0. The summed E-state index contributed by atoms with van der Waals surface area (Å²) in [6.07, 6.45) is 7.58. The molecule has 2 N–H and O–H groups in total. The van der Waals surface area contributed by atoms with Crippen molar-refractivity contribution in [1.29, 1.82) is 0 Å². The van der Waals surface area contributed by atoms with Crippen LogP contribution in [0.15, 0.2) is 41.0 Å². The molecule has 1 amide bonds. The van der Waals surface area contributed by atoms with Crippen molar-refractivity contribution >= 4 is 12.0 Å². The highest BCUT2D eigenvalue weighted by molar-refractivity contribution is 5.86. The topological polar surface area (TPSA) is 62.5 Å². The van der Waals surface area contributed by atoms with Crippen LogP contribution < -0.4 is 5.48 Å². The highest BCUT2D eigenvalue weighted by Gasteiger charge is 1.87. The van der Waals surface area contributed by atoms with Crippen LogP contribution in [0, 0.1) is 0 Å². The molecule has 0 saturated carbocycles. The Morgan fingerprint density at radius 1 is 1.54 bits per heavy atom. The van der Waals surface area contributed by atoms with Gasteiger partial charge in [-0.1, -0.05) is 12.2 Å². The Kier molecular flexibility index (Phi) is 3.53. The predicted octanol–water partition coefficient (Wildman–Crippen LogP) is 1.35. The molecule has 0 fully saturated rings. The minimum Gasteiger partial charge on any atom is -0.465 e. The Hall–Kier alpha value is -1.81. The molecule has 0 aliphatic rings. The third kappa shape index (κ3) is 3.39. The zero-order valence-corrected chi connectivity index (χ0v) is 6.81. The molecule has 1 heterocycles. The van der Waals surface area contributed by atoms with Gasteiger partial charge in [0.1, 0.15) is 5.76 Å². The van der Waals surface area contributed by atoms with Gasteiger partial charge in [0.15, 0.2) is 0 Å². The van der Waals surface area contributed by atoms with Crippen molar-refractivity contribution in [3.63, 3.8) is 0 Å². The summed E-state index contributed by atoms with van der Waals surface area (Å²) in [5, 5.41) is 8.12. The van der Waals surface area contributed by atoms with Crippen molar-refractivity contribution in [2.45, 2.75) is 0 Å². The van der Waals surface area contributed by atoms with Gasteiger partial charge in [-0.25, -0.2) is 5.48 Å². The van der Waals surface area contributed by atoms with Gasteiger partial charge in [-0.15, -0.1) is 0 Å². The van der Waals surface area contributed by atoms with Gasteiger partial charge in [0.25, 0.3) is 5.91 Å². The summed E-state index contributed by atoms with van der Waals surface area (Å²) in [6.45, 7) is 0. The number of hydroxylamine groups is 1. The molecule has 4 heteroatoms. The van der Waals surface area contributed by atoms with Gasteiger partial charge >= 0.3 is 0 Å². The van der Waals surface area contributed by atoms with Crippen LogP contribution in [0.3, 0.4) is 0 Å². The minimum atomic E-state index is -0.566. The van der Waals surface area contributed by atoms with Gasteiger partial charge in [0.2, 0.25) is 0 Å². The molecule has 68 valence electrons. The largest absolute Gasteiger partial charge is 0.465 e. The van der Waals surface area contributed by atoms with E-state index in [2.05, 4.69) is 0 Å². The number of furan rings is 1. The average molecular weight is 179 g/mol. The Labute approximate surface area is 75.1 Å². The van der Waals surface area contributed by atoms with E-state index in [0.717, 1.165) is 0 Å². The maximum Gasteiger partial charge on any atom is 0.267 e. The second-order valence-corrected chi connectivity index (χ2v) is 2.21. The van der Waals surface area contributed by atoms with Crippen molar-refractivity contribution < 1.29 is 14.4 Å². The first kappa shape index (κ1) is 9.28. The Balaban J connectivity index is 2.42. The second-order valence-electron chi connectivity index (χ2n) is 2.21. The molecule has 0 aliphatic heterocycles. The summed E-state index contributed by atoms with van der Waals surface area (Å²) < 4.78 is 5.00. The van der Waals surface area contributed by atoms with Crippen molar-refractivity contribution in [2.75, 3.05) is 0 Å². The van der Waals surface area contributed by atoms with E-state index < -0.39 is 5.91 Å². The highest BCUT2D eigenvalue weighted by Crippen LogP contribution is 2.01. The molecule has 0 unspecified atom stereocenters. The molecular formula is C9H9NO3. The van der Waals surface area contributed by atoms with Gasteiger partial charge in [0, 0.05) is 6.08 Å². The smallest absolute Gasteiger partial charge is 0.267 e. The number of hydrogen-bond donors (Lipinski definition) is 2. The van der Waals surface area contributed by atoms with E-state index in [9.17, 15) is 4.79 Å². The lowest BCUT2D eigenvalue weighted by atomic mass is 10.3. The van der Waals surface area contributed by atoms with E-state index >= 15 is 0 Å². The summed E-state index contributed by atoms with van der Waals surface area (Å²) in [7, 11) is 0. The Bertz CT molecular complexity index is 312. The van der Waals surface area contributed by atoms with E-state index in [0.29, 0.717) is 5.76 Å². The van der Waals surface area contributed by atoms with Crippen LogP contribution in [-0.2, 0) is 4.79 Å². The molecule has 0 spiro atoms. The molecule has 0 bridgehead atoms. The molecule has 0 aliphatic carbocycles. The molecule has 1 rings (SSSR count). The lowest BCUT2D eigenvalue weighted by Gasteiger charge is -1.85. The number of carbonyl (C=O) groups is 1. The molecule has 1 aromatic heterocycles. The fourth-order valence-electron chi connectivity index (χ4n) is 0.717. The third-order valence-corrected chi connectivity index (χ3v) is 1.27. The Morgan fingerprint density at radius 2 is 2.38 bits per heavy atom. The van der Waals surface area contributed by atoms with Crippen LogP contribution in [0.5, 0.6) is 0 Å². The SMILES string of the molecule is O=C(/C=C/C=C/c1ccco1)NO. The van der Waals surface area contributed by atoms with E-state index in [4.69, 9.17) is 9.62 Å². The lowest BCUT2D eigenvalue weighted by molar-refractivity contribution is -0.124. The maximum atomic E-state index is 10.5. The zero-order valence-electron chi connectivity index (χ0n) is 6.81. The molecule has 0 atom stereocenters. The van der Waals surface area contributed by atoms with Gasteiger partial charge in [-0.2, -0.15) is 0 Å². The summed E-state index contributed by atoms with van der Waals surface area (Å²) in [4.78, 5) is 10.5. The number of rotatable bonds is 3. The van der Waals surface area contributed by atoms with Gasteiger partial charge in [-0.3, -0.25) is 10.0 Å². The van der Waals surface area contributed by atoms with E-state index in [1.165, 1.54) is 17.6 Å². The normalized spacial score (nSPS) is 11.2. The van der Waals surface area contributed by atoms with Gasteiger partial charge < -0.3 is 4.42 Å². The predicted molar refractivity (Wildman–Crippen MR) is 46.8 cm³/mol. The molecule has 0 aromatic carbocycles. The van der Waals surface area contributed by atoms with Crippen molar-refractivity contribution in [1.82, 2.24) is 5.48 Å². The number of nitrogens with one attached hydrogen (secondary N) is 1. The standard InChI is InChI=1S/C9H9NO3/c11-9(10-12)6-2-1-4-8-5-3-7-13-8/h1-7,12H,(H,10,11)/b4-1+,6-2+. The first-order valence-electron chi connectivity index (χ1n) is 3.65. The monoisotopic (exact) mass is 179 g/mol. The summed E-state index contributed by atoms with van der Waals surface area (Å²) in [6, 6.07) is 3.56. The minimum absolute atomic E-state index is 0.566. The number of carbonyl (C=O) groups excluding carboxylic acids is 1. The first-order valence-corrected chi connectivity index (χ1v) is 3.65. The Morgan fingerprint density at radius 3 is 3.00 bits per heavy atom. The number of hydrogen-bond acceptors (Lipinski definition) is 3. The van der Waals surface area contributed by atoms with Crippen LogP contribution in [0.2, 0.25) is 0 Å². The molecule has 0 saturated heterocycles. The van der Waals surface area contributed by atoms with Crippen LogP contribution in [-0.4, -0.2) is 11.1 Å². The lowest BCUT2D eigenvalue weighted by Crippen LogP contribution is -2.14. The maximum absolute atomic E-state index is 10.5. The third-order valence-electron chi connectivity index (χ3n) is 1.27. The summed E-state index contributed by atoms with van der Waals surface area (Å²) in [5.41, 5.74) is 1.48. The fourth-order valence-corrected chi connectivity index (χ4v) is 0.717. The van der Waals surface area contributed by atoms with E-state index in [-0.39, 0.29) is 0 Å².